The van der Waals surface area contributed by atoms with Gasteiger partial charge in [0.2, 0.25) is 5.91 Å². The Hall–Kier alpha value is -3.95. The van der Waals surface area contributed by atoms with Gasteiger partial charge < -0.3 is 25.2 Å². The maximum atomic E-state index is 13.3. The molecule has 3 N–H and O–H groups in total. The molecule has 2 amide bonds. The number of Topliss-reactive ketones (excluding diaryl/α,β-unsaturated/α-hetero) is 1. The number of carbonyl (C=O) groups is 4. The molecule has 10 nitrogen and oxygen atoms in total. The van der Waals surface area contributed by atoms with Crippen molar-refractivity contribution in [2.24, 2.45) is 5.92 Å². The number of unbranched alkanes of at least 4 members (excludes halogenated alkanes) is 2. The second-order valence-corrected chi connectivity index (χ2v) is 12.2. The third kappa shape index (κ3) is 7.95. The normalized spacial score (nSPS) is 21.6. The molecule has 1 unspecified atom stereocenters. The molecule has 0 aromatic heterocycles. The van der Waals surface area contributed by atoms with Crippen LogP contribution in [0, 0.1) is 5.92 Å². The fourth-order valence-electron chi connectivity index (χ4n) is 6.56. The summed E-state index contributed by atoms with van der Waals surface area (Å²) < 4.78 is 7.76. The van der Waals surface area contributed by atoms with Crippen molar-refractivity contribution < 1.29 is 38.7 Å². The monoisotopic (exact) mass is 610 g/mol. The van der Waals surface area contributed by atoms with Crippen LogP contribution in [-0.4, -0.2) is 75.8 Å². The Morgan fingerprint density at radius 1 is 1.18 bits per heavy atom. The number of hydrogen-bond donors (Lipinski definition) is 3. The highest BCUT2D eigenvalue weighted by Crippen LogP contribution is 2.43. The minimum absolute atomic E-state index is 0.0203. The van der Waals surface area contributed by atoms with E-state index in [1.807, 2.05) is 32.4 Å². The summed E-state index contributed by atoms with van der Waals surface area (Å²) in [5, 5.41) is 24.1. The van der Waals surface area contributed by atoms with Crippen LogP contribution in [0.2, 0.25) is 0 Å². The van der Waals surface area contributed by atoms with Crippen molar-refractivity contribution >= 4 is 30.5 Å². The average Bonchev–Trinajstić information content (AvgIpc) is 3.22. The number of ether oxygens (including phenoxy) is 1. The number of carbonyl (C=O) groups excluding carboxylic acids is 3. The molecule has 1 aromatic carbocycles. The summed E-state index contributed by atoms with van der Waals surface area (Å²) in [5.41, 5.74) is 2.69. The standard InChI is InChI=1S/C34H47N3O7/c1-8-10-11-12-23-17-28(39)31(24-15-20(3)13-14-27(24)36(6)7)29(18-23)44-34(43)35-19-25-22(5)26(9-2)37(32(25)33(41)42)30(40)16-21(4)38/h15,17-18,22,24,26-27H,6,8-14,16,19H2,1-5,7H3,(H2-,35,39,41,42,43)/p+1/t22-,24+,26?,27+/m0/s1. The predicted molar refractivity (Wildman–Crippen MR) is 168 cm³/mol. The fraction of sp³-hybridized carbons (Fsp3) is 0.559. The summed E-state index contributed by atoms with van der Waals surface area (Å²) in [6.07, 6.45) is 6.80. The van der Waals surface area contributed by atoms with Gasteiger partial charge in [-0.3, -0.25) is 9.59 Å². The maximum absolute atomic E-state index is 13.3. The van der Waals surface area contributed by atoms with Gasteiger partial charge in [-0.05, 0) is 62.8 Å². The van der Waals surface area contributed by atoms with Crippen LogP contribution in [0.1, 0.15) is 96.6 Å². The number of aliphatic carboxylic acids is 1. The number of likely N-dealkylation sites (N-methyl/N-ethyl adjacent to an activating group) is 1. The van der Waals surface area contributed by atoms with Crippen molar-refractivity contribution in [1.82, 2.24) is 10.2 Å². The quantitative estimate of drug-likeness (QED) is 0.0904. The number of carboxylic acids is 1. The molecule has 0 saturated carbocycles. The molecule has 2 aliphatic rings. The van der Waals surface area contributed by atoms with Crippen molar-refractivity contribution in [3.8, 4) is 11.5 Å². The molecular weight excluding hydrogens is 562 g/mol. The van der Waals surface area contributed by atoms with Crippen LogP contribution in [0.15, 0.2) is 35.1 Å². The Morgan fingerprint density at radius 3 is 2.48 bits per heavy atom. The van der Waals surface area contributed by atoms with E-state index >= 15 is 0 Å². The molecule has 1 aromatic rings. The molecule has 4 atom stereocenters. The first-order valence-corrected chi connectivity index (χ1v) is 15.6. The Balaban J connectivity index is 1.95. The zero-order valence-corrected chi connectivity index (χ0v) is 26.9. The molecule has 10 heteroatoms. The summed E-state index contributed by atoms with van der Waals surface area (Å²) in [6, 6.07) is 3.07. The first kappa shape index (κ1) is 34.5. The Kier molecular flexibility index (Phi) is 11.9. The van der Waals surface area contributed by atoms with Gasteiger partial charge in [-0.1, -0.05) is 45.3 Å². The minimum atomic E-state index is -1.30. The topological polar surface area (TPSA) is 136 Å². The lowest BCUT2D eigenvalue weighted by atomic mass is 9.80. The van der Waals surface area contributed by atoms with Crippen LogP contribution in [-0.2, 0) is 20.8 Å². The van der Waals surface area contributed by atoms with E-state index in [9.17, 15) is 29.4 Å². The number of aryl methyl sites for hydroxylation is 1. The number of hydrogen-bond acceptors (Lipinski definition) is 6. The van der Waals surface area contributed by atoms with Gasteiger partial charge in [0.1, 0.15) is 36.7 Å². The Bertz CT molecular complexity index is 1360. The number of phenols is 1. The second-order valence-electron chi connectivity index (χ2n) is 12.2. The van der Waals surface area contributed by atoms with Crippen LogP contribution in [0.4, 0.5) is 4.79 Å². The molecule has 0 radical (unpaired) electrons. The van der Waals surface area contributed by atoms with Gasteiger partial charge >= 0.3 is 12.1 Å². The zero-order valence-electron chi connectivity index (χ0n) is 26.9. The Labute approximate surface area is 260 Å². The average molecular weight is 611 g/mol. The number of carboxylic acid groups (broad SMARTS) is 1. The second kappa shape index (κ2) is 15.2. The van der Waals surface area contributed by atoms with Crippen LogP contribution in [0.3, 0.4) is 0 Å². The summed E-state index contributed by atoms with van der Waals surface area (Å²) in [7, 11) is 1.89. The highest BCUT2D eigenvalue weighted by atomic mass is 16.6. The van der Waals surface area contributed by atoms with E-state index in [1.54, 1.807) is 12.1 Å². The van der Waals surface area contributed by atoms with E-state index in [0.717, 1.165) is 37.7 Å². The smallest absolute Gasteiger partial charge is 0.412 e. The summed E-state index contributed by atoms with van der Waals surface area (Å²) in [5.74, 6) is -2.57. The van der Waals surface area contributed by atoms with E-state index in [1.165, 1.54) is 17.4 Å². The third-order valence-electron chi connectivity index (χ3n) is 8.78. The lowest BCUT2D eigenvalue weighted by molar-refractivity contribution is -0.534. The molecule has 0 bridgehead atoms. The van der Waals surface area contributed by atoms with Crippen LogP contribution < -0.4 is 10.1 Å². The lowest BCUT2D eigenvalue weighted by Crippen LogP contribution is -2.40. The zero-order chi connectivity index (χ0) is 32.7. The highest BCUT2D eigenvalue weighted by Gasteiger charge is 2.43. The van der Waals surface area contributed by atoms with Crippen LogP contribution in [0.25, 0.3) is 0 Å². The van der Waals surface area contributed by atoms with Crippen LogP contribution >= 0.6 is 0 Å². The van der Waals surface area contributed by atoms with E-state index in [-0.39, 0.29) is 47.4 Å². The van der Waals surface area contributed by atoms with Crippen molar-refractivity contribution in [3.63, 3.8) is 0 Å². The van der Waals surface area contributed by atoms with Gasteiger partial charge in [0, 0.05) is 24.9 Å². The van der Waals surface area contributed by atoms with Crippen molar-refractivity contribution in [2.75, 3.05) is 13.6 Å². The first-order valence-electron chi connectivity index (χ1n) is 15.6. The largest absolute Gasteiger partial charge is 0.507 e. The molecule has 0 saturated heterocycles. The molecule has 1 aliphatic heterocycles. The molecule has 240 valence electrons. The number of phenolic OH excluding ortho intramolecular Hbond substituents is 1. The van der Waals surface area contributed by atoms with E-state index < -0.39 is 30.4 Å². The number of aromatic hydroxyl groups is 1. The highest BCUT2D eigenvalue weighted by molar-refractivity contribution is 6.02. The van der Waals surface area contributed by atoms with Crippen LogP contribution in [0.5, 0.6) is 11.5 Å². The van der Waals surface area contributed by atoms with Crippen molar-refractivity contribution in [1.29, 1.82) is 0 Å². The number of nitrogens with one attached hydrogen (secondary N) is 1. The summed E-state index contributed by atoms with van der Waals surface area (Å²) >= 11 is 0. The van der Waals surface area contributed by atoms with Gasteiger partial charge in [-0.25, -0.2) is 14.2 Å². The minimum Gasteiger partial charge on any atom is -0.507 e. The predicted octanol–water partition coefficient (Wildman–Crippen LogP) is 5.32. The fourth-order valence-corrected chi connectivity index (χ4v) is 6.56. The number of amides is 2. The van der Waals surface area contributed by atoms with E-state index in [2.05, 4.69) is 25.0 Å². The van der Waals surface area contributed by atoms with Crippen molar-refractivity contribution in [3.05, 3.63) is 46.2 Å². The van der Waals surface area contributed by atoms with E-state index in [4.69, 9.17) is 4.74 Å². The van der Waals surface area contributed by atoms with Gasteiger partial charge in [0.05, 0.1) is 17.9 Å². The van der Waals surface area contributed by atoms with Gasteiger partial charge in [0.25, 0.3) is 0 Å². The van der Waals surface area contributed by atoms with E-state index in [0.29, 0.717) is 24.0 Å². The number of rotatable bonds is 13. The number of allylic oxidation sites excluding steroid dienone is 1. The molecule has 3 rings (SSSR count). The first-order chi connectivity index (χ1) is 20.8. The Morgan fingerprint density at radius 2 is 1.89 bits per heavy atom. The molecule has 44 heavy (non-hydrogen) atoms. The molecule has 0 spiro atoms. The molecular formula is C34H48N3O7+. The van der Waals surface area contributed by atoms with Crippen molar-refractivity contribution in [2.45, 2.75) is 104 Å². The molecule has 0 fully saturated rings. The summed E-state index contributed by atoms with van der Waals surface area (Å²) in [6.45, 7) is 13.0. The SMILES string of the molecule is C=[N+](C)[C@@H]1CCC(C)=C[C@H]1c1c(O)cc(CCCCC)cc1OC(=O)NCC1=C(C(=O)O)N(C(=O)CC(C)=O)C(CC)[C@H]1C. The van der Waals surface area contributed by atoms with Gasteiger partial charge in [0.15, 0.2) is 6.04 Å². The maximum Gasteiger partial charge on any atom is 0.412 e. The molecule has 1 aliphatic carbocycles. The molecule has 1 heterocycles. The number of nitrogens with zero attached hydrogens (tertiary/aromatic N) is 2. The number of ketones is 1. The van der Waals surface area contributed by atoms with Gasteiger partial charge in [-0.2, -0.15) is 0 Å². The lowest BCUT2D eigenvalue weighted by Gasteiger charge is -2.28. The summed E-state index contributed by atoms with van der Waals surface area (Å²) in [4.78, 5) is 51.4. The third-order valence-corrected chi connectivity index (χ3v) is 8.78. The number of benzene rings is 1. The van der Waals surface area contributed by atoms with Gasteiger partial charge in [-0.15, -0.1) is 0 Å².